The molecule has 0 aliphatic heterocycles. The van der Waals surface area contributed by atoms with Gasteiger partial charge in [0, 0.05) is 0 Å². The zero-order valence-electron chi connectivity index (χ0n) is 14.5. The number of allylic oxidation sites excluding steroid dienone is 2. The van der Waals surface area contributed by atoms with Gasteiger partial charge in [0.2, 0.25) is 0 Å². The molecule has 2 aromatic carbocycles. The third-order valence-corrected chi connectivity index (χ3v) is 14.0. The van der Waals surface area contributed by atoms with Crippen LogP contribution in [0.25, 0.3) is 12.2 Å². The van der Waals surface area contributed by atoms with Crippen molar-refractivity contribution in [1.29, 1.82) is 0 Å². The average Bonchev–Trinajstić information content (AvgIpc) is 3.05. The summed E-state index contributed by atoms with van der Waals surface area (Å²) in [4.78, 5) is 0. The van der Waals surface area contributed by atoms with Crippen molar-refractivity contribution in [2.24, 2.45) is 0 Å². The standard InChI is InChI=1S/2C10H8Br.CH2.2ClH.Zr/c2*1-7-5-8-3-2-4-10(11)9(8)6-7;;;;/h2*2-6H,1H3;1H2;2*1H;/q;;;;;+2/p-2. The van der Waals surface area contributed by atoms with Gasteiger partial charge in [-0.05, 0) is 0 Å². The van der Waals surface area contributed by atoms with Crippen molar-refractivity contribution in [1.82, 2.24) is 0 Å². The third kappa shape index (κ3) is 3.60. The molecule has 26 heavy (non-hydrogen) atoms. The second-order valence-electron chi connectivity index (χ2n) is 6.70. The molecule has 0 bridgehead atoms. The molecule has 5 heteroatoms. The molecule has 2 atom stereocenters. The molecule has 2 unspecified atom stereocenters. The molecule has 2 aliphatic carbocycles. The van der Waals surface area contributed by atoms with Crippen LogP contribution in [0.15, 0.2) is 56.5 Å². The van der Waals surface area contributed by atoms with E-state index < -0.39 is 21.3 Å². The molecular weight excluding hydrogens is 574 g/mol. The average molecular weight is 592 g/mol. The Labute approximate surface area is 192 Å². The van der Waals surface area contributed by atoms with Gasteiger partial charge in [-0.3, -0.25) is 0 Å². The Hall–Kier alpha value is 0.213. The minimum absolute atomic E-state index is 0. The van der Waals surface area contributed by atoms with Gasteiger partial charge < -0.3 is 24.8 Å². The largest absolute Gasteiger partial charge is 1.00 e. The molecule has 2 aromatic rings. The number of benzene rings is 2. The first-order valence-electron chi connectivity index (χ1n) is 8.11. The summed E-state index contributed by atoms with van der Waals surface area (Å²) in [6.45, 7) is 4.58. The maximum absolute atomic E-state index is 4.84. The second kappa shape index (κ2) is 8.70. The second-order valence-corrected chi connectivity index (χ2v) is 14.1. The fourth-order valence-electron chi connectivity index (χ4n) is 4.18. The van der Waals surface area contributed by atoms with Crippen molar-refractivity contribution in [2.45, 2.75) is 21.1 Å². The summed E-state index contributed by atoms with van der Waals surface area (Å²) in [5.41, 5.74) is 8.71. The van der Waals surface area contributed by atoms with Crippen LogP contribution in [0.1, 0.15) is 43.4 Å². The van der Waals surface area contributed by atoms with Crippen LogP contribution in [0.3, 0.4) is 0 Å². The van der Waals surface area contributed by atoms with Gasteiger partial charge in [0.1, 0.15) is 0 Å². The molecule has 0 nitrogen and oxygen atoms in total. The summed E-state index contributed by atoms with van der Waals surface area (Å²) in [5.74, 6) is 0. The van der Waals surface area contributed by atoms with E-state index in [4.69, 9.17) is 4.21 Å². The van der Waals surface area contributed by atoms with Gasteiger partial charge in [-0.15, -0.1) is 0 Å². The first-order chi connectivity index (χ1) is 11.5. The smallest absolute Gasteiger partial charge is 1.00 e. The number of hydrogen-bond donors (Lipinski definition) is 0. The maximum atomic E-state index is 4.84. The topological polar surface area (TPSA) is 0 Å². The maximum Gasteiger partial charge on any atom is -1.00 e. The first-order valence-corrected chi connectivity index (χ1v) is 14.3. The molecule has 0 heterocycles. The minimum Gasteiger partial charge on any atom is -1.00 e. The van der Waals surface area contributed by atoms with Gasteiger partial charge in [0.25, 0.3) is 0 Å². The molecular formula is C21H18Br2Cl2Zr. The van der Waals surface area contributed by atoms with Gasteiger partial charge >= 0.3 is 169 Å². The van der Waals surface area contributed by atoms with Crippen LogP contribution in [-0.4, -0.2) is 4.21 Å². The van der Waals surface area contributed by atoms with Gasteiger partial charge in [-0.2, -0.15) is 0 Å². The molecule has 2 aliphatic rings. The van der Waals surface area contributed by atoms with E-state index in [2.05, 4.69) is 94.3 Å². The summed E-state index contributed by atoms with van der Waals surface area (Å²) < 4.78 is 8.40. The predicted octanol–water partition coefficient (Wildman–Crippen LogP) is 0.886. The Balaban J connectivity index is 0.00000121. The Morgan fingerprint density at radius 2 is 1.15 bits per heavy atom. The van der Waals surface area contributed by atoms with Gasteiger partial charge in [-0.25, -0.2) is 0 Å². The van der Waals surface area contributed by atoms with Crippen LogP contribution < -0.4 is 24.8 Å². The summed E-state index contributed by atoms with van der Waals surface area (Å²) in [6, 6.07) is 13.2. The summed E-state index contributed by atoms with van der Waals surface area (Å²) >= 11 is 5.39. The Kier molecular flexibility index (Phi) is 7.53. The van der Waals surface area contributed by atoms with Gasteiger partial charge in [-0.1, -0.05) is 0 Å². The van der Waals surface area contributed by atoms with Crippen LogP contribution >= 0.6 is 31.9 Å². The molecule has 134 valence electrons. The molecule has 0 radical (unpaired) electrons. The zero-order valence-corrected chi connectivity index (χ0v) is 21.6. The summed E-state index contributed by atoms with van der Waals surface area (Å²) in [5, 5.41) is 0. The van der Waals surface area contributed by atoms with Crippen molar-refractivity contribution >= 4 is 48.2 Å². The fourth-order valence-corrected chi connectivity index (χ4v) is 12.5. The van der Waals surface area contributed by atoms with E-state index in [9.17, 15) is 0 Å². The molecule has 0 fully saturated rings. The number of hydrogen-bond acceptors (Lipinski definition) is 0. The quantitative estimate of drug-likeness (QED) is 0.487. The van der Waals surface area contributed by atoms with Crippen molar-refractivity contribution in [3.05, 3.63) is 78.7 Å². The molecule has 0 aromatic heterocycles. The van der Waals surface area contributed by atoms with E-state index in [-0.39, 0.29) is 24.8 Å². The van der Waals surface area contributed by atoms with E-state index in [0.29, 0.717) is 7.25 Å². The monoisotopic (exact) mass is 588 g/mol. The van der Waals surface area contributed by atoms with Crippen LogP contribution in [0.2, 0.25) is 0 Å². The Morgan fingerprint density at radius 3 is 1.54 bits per heavy atom. The minimum atomic E-state index is -2.05. The number of rotatable bonds is 2. The summed E-state index contributed by atoms with van der Waals surface area (Å²) in [6.07, 6.45) is 4.73. The third-order valence-electron chi connectivity index (χ3n) is 5.19. The first kappa shape index (κ1) is 22.5. The Morgan fingerprint density at radius 1 is 0.769 bits per heavy atom. The molecule has 0 amide bonds. The summed E-state index contributed by atoms with van der Waals surface area (Å²) in [7, 11) is 0. The van der Waals surface area contributed by atoms with Gasteiger partial charge in [0.05, 0.1) is 0 Å². The normalized spacial score (nSPS) is 19.2. The van der Waals surface area contributed by atoms with Gasteiger partial charge in [0.15, 0.2) is 0 Å². The van der Waals surface area contributed by atoms with Crippen LogP contribution in [0.5, 0.6) is 0 Å². The van der Waals surface area contributed by atoms with E-state index in [1.54, 1.807) is 0 Å². The van der Waals surface area contributed by atoms with E-state index in [1.807, 2.05) is 0 Å². The number of halogens is 4. The predicted molar refractivity (Wildman–Crippen MR) is 108 cm³/mol. The molecule has 0 saturated heterocycles. The molecule has 4 rings (SSSR count). The zero-order chi connectivity index (χ0) is 17.0. The van der Waals surface area contributed by atoms with E-state index in [1.165, 1.54) is 42.3 Å². The van der Waals surface area contributed by atoms with E-state index >= 15 is 0 Å². The van der Waals surface area contributed by atoms with Crippen molar-refractivity contribution < 1.29 is 46.1 Å². The molecule has 0 spiro atoms. The van der Waals surface area contributed by atoms with Crippen LogP contribution in [0.4, 0.5) is 0 Å². The van der Waals surface area contributed by atoms with E-state index in [0.717, 1.165) is 0 Å². The SMILES string of the molecule is [CH2]=[Zr+2]([CH]1C(C)=Cc2c(Br)cccc21)[CH]1C(C)=Cc2c(Br)cccc21.[Cl-].[Cl-]. The van der Waals surface area contributed by atoms with Crippen molar-refractivity contribution in [3.63, 3.8) is 0 Å². The fraction of sp³-hybridized carbons (Fsp3) is 0.190. The van der Waals surface area contributed by atoms with Crippen LogP contribution in [-0.2, 0) is 21.3 Å². The van der Waals surface area contributed by atoms with Crippen molar-refractivity contribution in [2.75, 3.05) is 0 Å². The Bertz CT molecular complexity index is 872. The molecule has 0 N–H and O–H groups in total. The molecule has 0 saturated carbocycles. The van der Waals surface area contributed by atoms with Crippen LogP contribution in [0, 0.1) is 0 Å². The number of fused-ring (bicyclic) bond motifs is 2. The van der Waals surface area contributed by atoms with Crippen molar-refractivity contribution in [3.8, 4) is 0 Å².